The topological polar surface area (TPSA) is 32.5 Å². The summed E-state index contributed by atoms with van der Waals surface area (Å²) in [6.07, 6.45) is 1.10. The molecule has 0 bridgehead atoms. The average molecular weight is 289 g/mol. The lowest BCUT2D eigenvalue weighted by Crippen LogP contribution is -2.47. The standard InChI is InChI=1S/C18H31N3/c1-18(2,3)17(19)9-10-20-11-13-21(14-12-20)15-16-7-5-4-6-8-16/h4-8,17H,9-15,19H2,1-3H3. The van der Waals surface area contributed by atoms with Crippen molar-refractivity contribution in [2.45, 2.75) is 39.8 Å². The van der Waals surface area contributed by atoms with Crippen molar-refractivity contribution in [2.24, 2.45) is 11.1 Å². The largest absolute Gasteiger partial charge is 0.327 e. The SMILES string of the molecule is CC(C)(C)C(N)CCN1CCN(Cc2ccccc2)CC1. The zero-order chi connectivity index (χ0) is 15.3. The zero-order valence-electron chi connectivity index (χ0n) is 13.9. The van der Waals surface area contributed by atoms with E-state index in [-0.39, 0.29) is 5.41 Å². The van der Waals surface area contributed by atoms with Crippen LogP contribution in [-0.4, -0.2) is 48.6 Å². The van der Waals surface area contributed by atoms with Gasteiger partial charge in [0.1, 0.15) is 0 Å². The molecule has 1 fully saturated rings. The molecule has 0 radical (unpaired) electrons. The van der Waals surface area contributed by atoms with Crippen LogP contribution in [0.5, 0.6) is 0 Å². The van der Waals surface area contributed by atoms with Crippen molar-refractivity contribution >= 4 is 0 Å². The first-order valence-corrected chi connectivity index (χ1v) is 8.19. The van der Waals surface area contributed by atoms with E-state index >= 15 is 0 Å². The number of piperazine rings is 1. The minimum atomic E-state index is 0.217. The first kappa shape index (κ1) is 16.5. The van der Waals surface area contributed by atoms with Gasteiger partial charge in [-0.2, -0.15) is 0 Å². The summed E-state index contributed by atoms with van der Waals surface area (Å²) in [5.41, 5.74) is 7.90. The lowest BCUT2D eigenvalue weighted by Gasteiger charge is -2.36. The highest BCUT2D eigenvalue weighted by atomic mass is 15.3. The summed E-state index contributed by atoms with van der Waals surface area (Å²) in [6, 6.07) is 11.1. The molecule has 1 heterocycles. The summed E-state index contributed by atoms with van der Waals surface area (Å²) in [5.74, 6) is 0. The molecule has 2 rings (SSSR count). The Kier molecular flexibility index (Phi) is 5.80. The van der Waals surface area contributed by atoms with Gasteiger partial charge in [-0.15, -0.1) is 0 Å². The van der Waals surface area contributed by atoms with Crippen molar-refractivity contribution in [3.05, 3.63) is 35.9 Å². The van der Waals surface area contributed by atoms with E-state index in [0.29, 0.717) is 6.04 Å². The Morgan fingerprint density at radius 2 is 1.57 bits per heavy atom. The summed E-state index contributed by atoms with van der Waals surface area (Å²) in [5, 5.41) is 0. The molecule has 0 spiro atoms. The maximum atomic E-state index is 6.26. The monoisotopic (exact) mass is 289 g/mol. The summed E-state index contributed by atoms with van der Waals surface area (Å²) in [7, 11) is 0. The van der Waals surface area contributed by atoms with Crippen LogP contribution in [0.3, 0.4) is 0 Å². The third kappa shape index (κ3) is 5.42. The Hall–Kier alpha value is -0.900. The molecule has 1 aliphatic heterocycles. The first-order chi connectivity index (χ1) is 9.95. The highest BCUT2D eigenvalue weighted by molar-refractivity contribution is 5.14. The number of hydrogen-bond donors (Lipinski definition) is 1. The van der Waals surface area contributed by atoms with Gasteiger partial charge in [-0.3, -0.25) is 4.90 Å². The molecule has 1 aliphatic rings. The van der Waals surface area contributed by atoms with Gasteiger partial charge in [0.25, 0.3) is 0 Å². The Morgan fingerprint density at radius 3 is 2.14 bits per heavy atom. The molecule has 3 heteroatoms. The molecule has 2 N–H and O–H groups in total. The van der Waals surface area contributed by atoms with Crippen LogP contribution in [0, 0.1) is 5.41 Å². The predicted octanol–water partition coefficient (Wildman–Crippen LogP) is 2.57. The van der Waals surface area contributed by atoms with Crippen molar-refractivity contribution in [1.29, 1.82) is 0 Å². The van der Waals surface area contributed by atoms with E-state index in [9.17, 15) is 0 Å². The van der Waals surface area contributed by atoms with Crippen molar-refractivity contribution < 1.29 is 0 Å². The second kappa shape index (κ2) is 7.39. The Morgan fingerprint density at radius 1 is 1.00 bits per heavy atom. The van der Waals surface area contributed by atoms with Crippen LogP contribution in [0.1, 0.15) is 32.8 Å². The molecule has 1 unspecified atom stereocenters. The van der Waals surface area contributed by atoms with E-state index in [1.807, 2.05) is 0 Å². The second-order valence-corrected chi connectivity index (χ2v) is 7.36. The van der Waals surface area contributed by atoms with Crippen LogP contribution in [0.2, 0.25) is 0 Å². The third-order valence-electron chi connectivity index (χ3n) is 4.58. The van der Waals surface area contributed by atoms with Crippen LogP contribution in [-0.2, 0) is 6.54 Å². The highest BCUT2D eigenvalue weighted by Crippen LogP contribution is 2.20. The fourth-order valence-electron chi connectivity index (χ4n) is 2.77. The molecule has 21 heavy (non-hydrogen) atoms. The lowest BCUT2D eigenvalue weighted by molar-refractivity contribution is 0.119. The average Bonchev–Trinajstić information content (AvgIpc) is 2.46. The van der Waals surface area contributed by atoms with Gasteiger partial charge >= 0.3 is 0 Å². The smallest absolute Gasteiger partial charge is 0.0234 e. The summed E-state index contributed by atoms with van der Waals surface area (Å²) in [4.78, 5) is 5.11. The lowest BCUT2D eigenvalue weighted by atomic mass is 9.85. The van der Waals surface area contributed by atoms with Crippen molar-refractivity contribution in [2.75, 3.05) is 32.7 Å². The molecule has 0 aliphatic carbocycles. The Bertz CT molecular complexity index is 402. The molecule has 1 atom stereocenters. The second-order valence-electron chi connectivity index (χ2n) is 7.36. The molecule has 0 amide bonds. The zero-order valence-corrected chi connectivity index (χ0v) is 13.9. The number of hydrogen-bond acceptors (Lipinski definition) is 3. The number of rotatable bonds is 5. The number of nitrogens with two attached hydrogens (primary N) is 1. The van der Waals surface area contributed by atoms with Crippen molar-refractivity contribution in [1.82, 2.24) is 9.80 Å². The van der Waals surface area contributed by atoms with Gasteiger partial charge in [-0.05, 0) is 23.9 Å². The molecule has 0 saturated carbocycles. The minimum Gasteiger partial charge on any atom is -0.327 e. The molecule has 3 nitrogen and oxygen atoms in total. The predicted molar refractivity (Wildman–Crippen MR) is 90.2 cm³/mol. The molecular formula is C18H31N3. The van der Waals surface area contributed by atoms with Gasteiger partial charge in [0.05, 0.1) is 0 Å². The quantitative estimate of drug-likeness (QED) is 0.904. The van der Waals surface area contributed by atoms with Crippen LogP contribution >= 0.6 is 0 Å². The van der Waals surface area contributed by atoms with Gasteiger partial charge in [0.15, 0.2) is 0 Å². The molecule has 1 aromatic rings. The van der Waals surface area contributed by atoms with Crippen LogP contribution in [0.15, 0.2) is 30.3 Å². The normalized spacial score (nSPS) is 19.6. The van der Waals surface area contributed by atoms with Gasteiger partial charge in [-0.25, -0.2) is 0 Å². The summed E-state index contributed by atoms with van der Waals surface area (Å²) >= 11 is 0. The maximum absolute atomic E-state index is 6.26. The van der Waals surface area contributed by atoms with Gasteiger partial charge in [0, 0.05) is 38.8 Å². The van der Waals surface area contributed by atoms with Crippen LogP contribution < -0.4 is 5.73 Å². The van der Waals surface area contributed by atoms with E-state index < -0.39 is 0 Å². The van der Waals surface area contributed by atoms with E-state index in [2.05, 4.69) is 60.9 Å². The third-order valence-corrected chi connectivity index (χ3v) is 4.58. The number of nitrogens with zero attached hydrogens (tertiary/aromatic N) is 2. The summed E-state index contributed by atoms with van der Waals surface area (Å²) < 4.78 is 0. The van der Waals surface area contributed by atoms with Crippen LogP contribution in [0.4, 0.5) is 0 Å². The first-order valence-electron chi connectivity index (χ1n) is 8.19. The Labute approximate surface area is 130 Å². The maximum Gasteiger partial charge on any atom is 0.0234 e. The summed E-state index contributed by atoms with van der Waals surface area (Å²) in [6.45, 7) is 13.6. The molecule has 118 valence electrons. The molecule has 1 aromatic carbocycles. The van der Waals surface area contributed by atoms with Crippen molar-refractivity contribution in [3.8, 4) is 0 Å². The Balaban J connectivity index is 1.69. The van der Waals surface area contributed by atoms with E-state index in [1.54, 1.807) is 0 Å². The van der Waals surface area contributed by atoms with Gasteiger partial charge in [-0.1, -0.05) is 51.1 Å². The minimum absolute atomic E-state index is 0.217. The fourth-order valence-corrected chi connectivity index (χ4v) is 2.77. The van der Waals surface area contributed by atoms with Crippen molar-refractivity contribution in [3.63, 3.8) is 0 Å². The molecular weight excluding hydrogens is 258 g/mol. The molecule has 1 saturated heterocycles. The van der Waals surface area contributed by atoms with E-state index in [4.69, 9.17) is 5.73 Å². The van der Waals surface area contributed by atoms with E-state index in [0.717, 1.165) is 19.5 Å². The fraction of sp³-hybridized carbons (Fsp3) is 0.667. The van der Waals surface area contributed by atoms with Crippen LogP contribution in [0.25, 0.3) is 0 Å². The van der Waals surface area contributed by atoms with E-state index in [1.165, 1.54) is 31.7 Å². The molecule has 0 aromatic heterocycles. The van der Waals surface area contributed by atoms with Gasteiger partial charge < -0.3 is 10.6 Å². The van der Waals surface area contributed by atoms with Gasteiger partial charge in [0.2, 0.25) is 0 Å². The number of benzene rings is 1. The highest BCUT2D eigenvalue weighted by Gasteiger charge is 2.22.